The van der Waals surface area contributed by atoms with Gasteiger partial charge in [0.1, 0.15) is 0 Å². The van der Waals surface area contributed by atoms with Crippen LogP contribution in [0.15, 0.2) is 34.9 Å². The summed E-state index contributed by atoms with van der Waals surface area (Å²) in [6, 6.07) is 7.76. The lowest BCUT2D eigenvalue weighted by atomic mass is 10.1. The van der Waals surface area contributed by atoms with E-state index < -0.39 is 0 Å². The third-order valence-electron chi connectivity index (χ3n) is 3.00. The fourth-order valence-electron chi connectivity index (χ4n) is 1.68. The number of halogens is 1. The molecule has 0 fully saturated rings. The van der Waals surface area contributed by atoms with Gasteiger partial charge in [-0.05, 0) is 34.5 Å². The first kappa shape index (κ1) is 13.0. The van der Waals surface area contributed by atoms with E-state index in [-0.39, 0.29) is 11.8 Å². The molecule has 2 aromatic rings. The zero-order chi connectivity index (χ0) is 13.1. The second-order valence-electron chi connectivity index (χ2n) is 4.33. The average Bonchev–Trinajstić information content (AvgIpc) is 2.37. The standard InChI is InChI=1S/C14H15BrN2O/c1-3-9(2)14(18)17-12-6-4-5-10-7-11(15)8-16-13(10)12/h4-9H,3H2,1-2H3,(H,17,18). The van der Waals surface area contributed by atoms with Gasteiger partial charge in [-0.1, -0.05) is 26.0 Å². The number of nitrogens with zero attached hydrogens (tertiary/aromatic N) is 1. The molecule has 1 aromatic carbocycles. The Morgan fingerprint density at radius 3 is 3.00 bits per heavy atom. The number of aromatic nitrogens is 1. The van der Waals surface area contributed by atoms with Crippen molar-refractivity contribution in [2.45, 2.75) is 20.3 Å². The lowest BCUT2D eigenvalue weighted by Crippen LogP contribution is -2.19. The van der Waals surface area contributed by atoms with Crippen LogP contribution in [-0.2, 0) is 4.79 Å². The number of rotatable bonds is 3. The summed E-state index contributed by atoms with van der Waals surface area (Å²) in [7, 11) is 0. The Morgan fingerprint density at radius 1 is 1.50 bits per heavy atom. The lowest BCUT2D eigenvalue weighted by Gasteiger charge is -2.11. The van der Waals surface area contributed by atoms with Crippen molar-refractivity contribution < 1.29 is 4.79 Å². The van der Waals surface area contributed by atoms with Crippen LogP contribution in [0.1, 0.15) is 20.3 Å². The number of fused-ring (bicyclic) bond motifs is 1. The maximum absolute atomic E-state index is 11.9. The summed E-state index contributed by atoms with van der Waals surface area (Å²) in [6.45, 7) is 3.92. The van der Waals surface area contributed by atoms with Gasteiger partial charge in [0.2, 0.25) is 5.91 Å². The molecule has 1 heterocycles. The van der Waals surface area contributed by atoms with Gasteiger partial charge in [-0.3, -0.25) is 9.78 Å². The molecule has 0 spiro atoms. The molecular formula is C14H15BrN2O. The minimum absolute atomic E-state index is 0.00991. The molecule has 1 aromatic heterocycles. The molecule has 0 bridgehead atoms. The highest BCUT2D eigenvalue weighted by atomic mass is 79.9. The van der Waals surface area contributed by atoms with E-state index in [2.05, 4.69) is 26.2 Å². The summed E-state index contributed by atoms with van der Waals surface area (Å²) in [6.07, 6.45) is 2.57. The van der Waals surface area contributed by atoms with Crippen LogP contribution in [0, 0.1) is 5.92 Å². The molecule has 1 amide bonds. The van der Waals surface area contributed by atoms with Crippen molar-refractivity contribution in [2.24, 2.45) is 5.92 Å². The van der Waals surface area contributed by atoms with Crippen LogP contribution in [0.4, 0.5) is 5.69 Å². The highest BCUT2D eigenvalue weighted by Gasteiger charge is 2.12. The zero-order valence-corrected chi connectivity index (χ0v) is 12.0. The Bertz CT molecular complexity index is 583. The van der Waals surface area contributed by atoms with E-state index in [1.54, 1.807) is 6.20 Å². The summed E-state index contributed by atoms with van der Waals surface area (Å²) >= 11 is 3.39. The van der Waals surface area contributed by atoms with Crippen molar-refractivity contribution in [2.75, 3.05) is 5.32 Å². The number of carbonyl (C=O) groups excluding carboxylic acids is 1. The van der Waals surface area contributed by atoms with E-state index in [1.165, 1.54) is 0 Å². The molecule has 0 aliphatic rings. The van der Waals surface area contributed by atoms with Crippen LogP contribution in [0.2, 0.25) is 0 Å². The van der Waals surface area contributed by atoms with E-state index in [9.17, 15) is 4.79 Å². The van der Waals surface area contributed by atoms with Gasteiger partial charge in [0.15, 0.2) is 0 Å². The third-order valence-corrected chi connectivity index (χ3v) is 3.43. The number of nitrogens with one attached hydrogen (secondary N) is 1. The van der Waals surface area contributed by atoms with Crippen LogP contribution in [0.3, 0.4) is 0 Å². The van der Waals surface area contributed by atoms with Crippen LogP contribution >= 0.6 is 15.9 Å². The van der Waals surface area contributed by atoms with Crippen LogP contribution in [-0.4, -0.2) is 10.9 Å². The van der Waals surface area contributed by atoms with Crippen molar-refractivity contribution in [1.82, 2.24) is 4.98 Å². The normalized spacial score (nSPS) is 12.4. The average molecular weight is 307 g/mol. The number of anilines is 1. The fraction of sp³-hybridized carbons (Fsp3) is 0.286. The highest BCUT2D eigenvalue weighted by Crippen LogP contribution is 2.24. The first-order chi connectivity index (χ1) is 8.61. The van der Waals surface area contributed by atoms with Crippen molar-refractivity contribution in [3.05, 3.63) is 34.9 Å². The van der Waals surface area contributed by atoms with E-state index in [0.29, 0.717) is 0 Å². The number of hydrogen-bond acceptors (Lipinski definition) is 2. The molecule has 2 rings (SSSR count). The monoisotopic (exact) mass is 306 g/mol. The van der Waals surface area contributed by atoms with E-state index in [4.69, 9.17) is 0 Å². The molecule has 0 aliphatic carbocycles. The first-order valence-corrected chi connectivity index (χ1v) is 6.76. The van der Waals surface area contributed by atoms with Gasteiger partial charge in [-0.2, -0.15) is 0 Å². The number of amides is 1. The summed E-state index contributed by atoms with van der Waals surface area (Å²) in [4.78, 5) is 16.3. The Kier molecular flexibility index (Phi) is 3.97. The molecular weight excluding hydrogens is 292 g/mol. The van der Waals surface area contributed by atoms with Crippen molar-refractivity contribution in [1.29, 1.82) is 0 Å². The molecule has 1 atom stereocenters. The smallest absolute Gasteiger partial charge is 0.227 e. The Hall–Kier alpha value is -1.42. The van der Waals surface area contributed by atoms with Gasteiger partial charge in [0.25, 0.3) is 0 Å². The van der Waals surface area contributed by atoms with E-state index >= 15 is 0 Å². The van der Waals surface area contributed by atoms with Gasteiger partial charge in [0.05, 0.1) is 11.2 Å². The lowest BCUT2D eigenvalue weighted by molar-refractivity contribution is -0.119. The Morgan fingerprint density at radius 2 is 2.28 bits per heavy atom. The number of pyridine rings is 1. The fourth-order valence-corrected chi connectivity index (χ4v) is 2.03. The summed E-state index contributed by atoms with van der Waals surface area (Å²) in [5.41, 5.74) is 1.59. The van der Waals surface area contributed by atoms with Gasteiger partial charge in [0, 0.05) is 22.0 Å². The summed E-state index contributed by atoms with van der Waals surface area (Å²) in [5.74, 6) is 0.0467. The van der Waals surface area contributed by atoms with Gasteiger partial charge < -0.3 is 5.32 Å². The second kappa shape index (κ2) is 5.48. The van der Waals surface area contributed by atoms with Gasteiger partial charge in [-0.25, -0.2) is 0 Å². The predicted octanol–water partition coefficient (Wildman–Crippen LogP) is 3.98. The topological polar surface area (TPSA) is 42.0 Å². The van der Waals surface area contributed by atoms with E-state index in [0.717, 1.165) is 27.5 Å². The molecule has 0 saturated heterocycles. The minimum Gasteiger partial charge on any atom is -0.324 e. The first-order valence-electron chi connectivity index (χ1n) is 5.97. The molecule has 0 aliphatic heterocycles. The number of hydrogen-bond donors (Lipinski definition) is 1. The van der Waals surface area contributed by atoms with Gasteiger partial charge >= 0.3 is 0 Å². The van der Waals surface area contributed by atoms with Gasteiger partial charge in [-0.15, -0.1) is 0 Å². The molecule has 18 heavy (non-hydrogen) atoms. The number of para-hydroxylation sites is 1. The Labute approximate surface area is 115 Å². The highest BCUT2D eigenvalue weighted by molar-refractivity contribution is 9.10. The molecule has 1 N–H and O–H groups in total. The largest absolute Gasteiger partial charge is 0.324 e. The number of carbonyl (C=O) groups is 1. The molecule has 4 heteroatoms. The molecule has 1 unspecified atom stereocenters. The minimum atomic E-state index is 0.00991. The quantitative estimate of drug-likeness (QED) is 0.932. The molecule has 0 radical (unpaired) electrons. The summed E-state index contributed by atoms with van der Waals surface area (Å²) < 4.78 is 0.931. The molecule has 94 valence electrons. The maximum atomic E-state index is 11.9. The maximum Gasteiger partial charge on any atom is 0.227 e. The van der Waals surface area contributed by atoms with Crippen molar-refractivity contribution in [3.8, 4) is 0 Å². The van der Waals surface area contributed by atoms with Crippen LogP contribution in [0.5, 0.6) is 0 Å². The second-order valence-corrected chi connectivity index (χ2v) is 5.25. The third kappa shape index (κ3) is 2.70. The Balaban J connectivity index is 2.37. The molecule has 3 nitrogen and oxygen atoms in total. The number of benzene rings is 1. The van der Waals surface area contributed by atoms with Crippen LogP contribution < -0.4 is 5.32 Å². The SMILES string of the molecule is CCC(C)C(=O)Nc1cccc2cc(Br)cnc12. The van der Waals surface area contributed by atoms with Crippen LogP contribution in [0.25, 0.3) is 10.9 Å². The predicted molar refractivity (Wildman–Crippen MR) is 77.5 cm³/mol. The van der Waals surface area contributed by atoms with Crippen molar-refractivity contribution in [3.63, 3.8) is 0 Å². The summed E-state index contributed by atoms with van der Waals surface area (Å²) in [5, 5.41) is 3.94. The van der Waals surface area contributed by atoms with E-state index in [1.807, 2.05) is 38.1 Å². The zero-order valence-electron chi connectivity index (χ0n) is 10.4. The van der Waals surface area contributed by atoms with Crippen molar-refractivity contribution >= 4 is 38.4 Å². The molecule has 0 saturated carbocycles.